The number of pyridine rings is 1. The van der Waals surface area contributed by atoms with Crippen LogP contribution in [-0.2, 0) is 14.8 Å². The van der Waals surface area contributed by atoms with Gasteiger partial charge in [0.1, 0.15) is 11.0 Å². The zero-order valence-electron chi connectivity index (χ0n) is 11.7. The number of nitriles is 1. The van der Waals surface area contributed by atoms with Crippen LogP contribution >= 0.6 is 0 Å². The number of sulfonamides is 1. The van der Waals surface area contributed by atoms with Gasteiger partial charge in [0.05, 0.1) is 11.7 Å². The quantitative estimate of drug-likeness (QED) is 0.817. The van der Waals surface area contributed by atoms with E-state index in [1.54, 1.807) is 0 Å². The highest BCUT2D eigenvalue weighted by molar-refractivity contribution is 7.89. The highest BCUT2D eigenvalue weighted by Crippen LogP contribution is 2.27. The predicted molar refractivity (Wildman–Crippen MR) is 72.3 cm³/mol. The number of morpholine rings is 1. The SMILES string of the molecule is CC1CN(S(=O)(=O)c2cccnc2C#N)CC(C)(C)O1. The fourth-order valence-electron chi connectivity index (χ4n) is 2.40. The largest absolute Gasteiger partial charge is 0.370 e. The van der Waals surface area contributed by atoms with Crippen LogP contribution in [0, 0.1) is 11.3 Å². The summed E-state index contributed by atoms with van der Waals surface area (Å²) in [4.78, 5) is 3.77. The highest BCUT2D eigenvalue weighted by Gasteiger charge is 2.38. The van der Waals surface area contributed by atoms with Gasteiger partial charge >= 0.3 is 0 Å². The first-order valence-corrected chi connectivity index (χ1v) is 7.73. The molecule has 0 aromatic carbocycles. The van der Waals surface area contributed by atoms with Crippen molar-refractivity contribution in [2.75, 3.05) is 13.1 Å². The van der Waals surface area contributed by atoms with Gasteiger partial charge in [-0.1, -0.05) is 0 Å². The lowest BCUT2D eigenvalue weighted by Crippen LogP contribution is -2.53. The smallest absolute Gasteiger partial charge is 0.246 e. The van der Waals surface area contributed by atoms with Crippen molar-refractivity contribution in [1.29, 1.82) is 5.26 Å². The minimum atomic E-state index is -3.74. The Kier molecular flexibility index (Phi) is 3.82. The van der Waals surface area contributed by atoms with Gasteiger partial charge < -0.3 is 4.74 Å². The molecule has 1 aromatic rings. The standard InChI is InChI=1S/C13H17N3O3S/c1-10-8-16(9-13(2,3)19-10)20(17,18)12-5-4-6-15-11(12)7-14/h4-6,10H,8-9H2,1-3H3. The molecule has 2 heterocycles. The molecular weight excluding hydrogens is 278 g/mol. The van der Waals surface area contributed by atoms with E-state index in [1.165, 1.54) is 22.6 Å². The van der Waals surface area contributed by atoms with Crippen LogP contribution < -0.4 is 0 Å². The van der Waals surface area contributed by atoms with E-state index in [0.29, 0.717) is 0 Å². The minimum Gasteiger partial charge on any atom is -0.370 e. The summed E-state index contributed by atoms with van der Waals surface area (Å²) in [6.45, 7) is 6.04. The van der Waals surface area contributed by atoms with E-state index in [0.717, 1.165) is 0 Å². The van der Waals surface area contributed by atoms with Crippen molar-refractivity contribution >= 4 is 10.0 Å². The lowest BCUT2D eigenvalue weighted by Gasteiger charge is -2.40. The molecule has 0 aliphatic carbocycles. The van der Waals surface area contributed by atoms with Gasteiger partial charge in [-0.3, -0.25) is 0 Å². The fraction of sp³-hybridized carbons (Fsp3) is 0.538. The number of ether oxygens (including phenoxy) is 1. The summed E-state index contributed by atoms with van der Waals surface area (Å²) in [5.41, 5.74) is -0.635. The van der Waals surface area contributed by atoms with Gasteiger partial charge in [0.25, 0.3) is 0 Å². The second-order valence-electron chi connectivity index (χ2n) is 5.45. The number of rotatable bonds is 2. The van der Waals surface area contributed by atoms with Gasteiger partial charge in [0.2, 0.25) is 10.0 Å². The van der Waals surface area contributed by atoms with E-state index < -0.39 is 15.6 Å². The third-order valence-corrected chi connectivity index (χ3v) is 4.88. The molecule has 0 amide bonds. The van der Waals surface area contributed by atoms with E-state index >= 15 is 0 Å². The first-order valence-electron chi connectivity index (χ1n) is 6.29. The van der Waals surface area contributed by atoms with Crippen molar-refractivity contribution in [3.63, 3.8) is 0 Å². The van der Waals surface area contributed by atoms with E-state index in [2.05, 4.69) is 4.98 Å². The first-order chi connectivity index (χ1) is 9.26. The fourth-order valence-corrected chi connectivity index (χ4v) is 4.16. The van der Waals surface area contributed by atoms with Gasteiger partial charge in [0, 0.05) is 19.3 Å². The van der Waals surface area contributed by atoms with E-state index in [-0.39, 0.29) is 29.8 Å². The summed E-state index contributed by atoms with van der Waals surface area (Å²) in [7, 11) is -3.74. The molecule has 0 N–H and O–H groups in total. The summed E-state index contributed by atoms with van der Waals surface area (Å²) in [6.07, 6.45) is 1.21. The maximum Gasteiger partial charge on any atom is 0.246 e. The normalized spacial score (nSPS) is 23.2. The average Bonchev–Trinajstić information content (AvgIpc) is 2.36. The van der Waals surface area contributed by atoms with E-state index in [9.17, 15) is 8.42 Å². The topological polar surface area (TPSA) is 83.3 Å². The van der Waals surface area contributed by atoms with Crippen LogP contribution in [0.2, 0.25) is 0 Å². The minimum absolute atomic E-state index is 0.0487. The molecular formula is C13H17N3O3S. The number of nitrogens with zero attached hydrogens (tertiary/aromatic N) is 3. The van der Waals surface area contributed by atoms with Crippen LogP contribution in [0.25, 0.3) is 0 Å². The van der Waals surface area contributed by atoms with Crippen LogP contribution in [0.1, 0.15) is 26.5 Å². The van der Waals surface area contributed by atoms with Gasteiger partial charge in [-0.05, 0) is 32.9 Å². The molecule has 7 heteroatoms. The van der Waals surface area contributed by atoms with Crippen molar-refractivity contribution in [3.05, 3.63) is 24.0 Å². The van der Waals surface area contributed by atoms with Crippen LogP contribution in [0.5, 0.6) is 0 Å². The molecule has 0 bridgehead atoms. The van der Waals surface area contributed by atoms with Crippen molar-refractivity contribution in [2.45, 2.75) is 37.4 Å². The van der Waals surface area contributed by atoms with Crippen LogP contribution in [0.15, 0.2) is 23.2 Å². The lowest BCUT2D eigenvalue weighted by molar-refractivity contribution is -0.109. The maximum absolute atomic E-state index is 12.7. The van der Waals surface area contributed by atoms with Gasteiger partial charge in [-0.2, -0.15) is 9.57 Å². The Labute approximate surface area is 119 Å². The molecule has 1 fully saturated rings. The summed E-state index contributed by atoms with van der Waals surface area (Å²) in [6, 6.07) is 4.75. The zero-order valence-corrected chi connectivity index (χ0v) is 12.5. The highest BCUT2D eigenvalue weighted by atomic mass is 32.2. The lowest BCUT2D eigenvalue weighted by atomic mass is 10.1. The Balaban J connectivity index is 2.43. The molecule has 1 aromatic heterocycles. The molecule has 1 atom stereocenters. The summed E-state index contributed by atoms with van der Waals surface area (Å²) in [5.74, 6) is 0. The second-order valence-corrected chi connectivity index (χ2v) is 7.35. The molecule has 2 rings (SSSR count). The molecule has 6 nitrogen and oxygen atoms in total. The van der Waals surface area contributed by atoms with Crippen LogP contribution in [-0.4, -0.2) is 42.5 Å². The maximum atomic E-state index is 12.7. The van der Waals surface area contributed by atoms with Crippen LogP contribution in [0.4, 0.5) is 0 Å². The third kappa shape index (κ3) is 2.82. The average molecular weight is 295 g/mol. The predicted octanol–water partition coefficient (Wildman–Crippen LogP) is 1.14. The molecule has 1 aliphatic heterocycles. The number of hydrogen-bond acceptors (Lipinski definition) is 5. The Hall–Kier alpha value is -1.49. The van der Waals surface area contributed by atoms with Gasteiger partial charge in [-0.15, -0.1) is 0 Å². The molecule has 20 heavy (non-hydrogen) atoms. The molecule has 1 aliphatic rings. The molecule has 0 spiro atoms. The summed E-state index contributed by atoms with van der Waals surface area (Å²) < 4.78 is 32.4. The van der Waals surface area contributed by atoms with Crippen molar-refractivity contribution in [1.82, 2.24) is 9.29 Å². The van der Waals surface area contributed by atoms with Crippen LogP contribution in [0.3, 0.4) is 0 Å². The number of aromatic nitrogens is 1. The Morgan fingerprint density at radius 2 is 2.25 bits per heavy atom. The van der Waals surface area contributed by atoms with E-state index in [1.807, 2.05) is 26.8 Å². The first kappa shape index (κ1) is 14.9. The summed E-state index contributed by atoms with van der Waals surface area (Å²) in [5, 5.41) is 9.01. The van der Waals surface area contributed by atoms with E-state index in [4.69, 9.17) is 10.00 Å². The monoisotopic (exact) mass is 295 g/mol. The summed E-state index contributed by atoms with van der Waals surface area (Å²) >= 11 is 0. The Morgan fingerprint density at radius 3 is 2.85 bits per heavy atom. The van der Waals surface area contributed by atoms with Crippen molar-refractivity contribution < 1.29 is 13.2 Å². The van der Waals surface area contributed by atoms with Gasteiger partial charge in [-0.25, -0.2) is 13.4 Å². The zero-order chi connectivity index (χ0) is 15.0. The second kappa shape index (κ2) is 5.13. The van der Waals surface area contributed by atoms with Crippen molar-refractivity contribution in [2.24, 2.45) is 0 Å². The molecule has 0 radical (unpaired) electrons. The van der Waals surface area contributed by atoms with Gasteiger partial charge in [0.15, 0.2) is 5.69 Å². The van der Waals surface area contributed by atoms with Crippen molar-refractivity contribution in [3.8, 4) is 6.07 Å². The molecule has 1 saturated heterocycles. The number of hydrogen-bond donors (Lipinski definition) is 0. The molecule has 108 valence electrons. The Morgan fingerprint density at radius 1 is 1.55 bits per heavy atom. The molecule has 0 saturated carbocycles. The third-order valence-electron chi connectivity index (χ3n) is 3.03. The molecule has 1 unspecified atom stereocenters. The Bertz CT molecular complexity index is 649.